The Hall–Kier alpha value is -4.81. The Morgan fingerprint density at radius 1 is 0.878 bits per heavy atom. The SMILES string of the molecule is CC(C)(C)OC(=O)N1CC(F)(F)C[C@H]1c1nc(-c2ccc(-c3ccc(-c4cnc([C@@H]5CCCN5C(=O)OC(C)(C)C)[nH]4)c(F)c3)cc2)c[nH]1. The van der Waals surface area contributed by atoms with Crippen LogP contribution in [0.4, 0.5) is 22.8 Å². The van der Waals surface area contributed by atoms with Gasteiger partial charge in [0.2, 0.25) is 0 Å². The van der Waals surface area contributed by atoms with Crippen molar-refractivity contribution in [3.8, 4) is 33.6 Å². The average Bonchev–Trinajstić information content (AvgIpc) is 3.81. The Bertz CT molecular complexity index is 1840. The molecule has 0 spiro atoms. The molecule has 2 fully saturated rings. The van der Waals surface area contributed by atoms with Crippen molar-refractivity contribution in [1.82, 2.24) is 29.7 Å². The van der Waals surface area contributed by atoms with Crippen molar-refractivity contribution in [3.63, 3.8) is 0 Å². The van der Waals surface area contributed by atoms with Gasteiger partial charge >= 0.3 is 12.2 Å². The van der Waals surface area contributed by atoms with Gasteiger partial charge in [-0.2, -0.15) is 0 Å². The van der Waals surface area contributed by atoms with Gasteiger partial charge in [0.05, 0.1) is 36.2 Å². The van der Waals surface area contributed by atoms with Crippen LogP contribution in [0.25, 0.3) is 33.6 Å². The van der Waals surface area contributed by atoms with Gasteiger partial charge in [0, 0.05) is 30.3 Å². The van der Waals surface area contributed by atoms with E-state index in [9.17, 15) is 18.4 Å². The number of nitrogens with zero attached hydrogens (tertiary/aromatic N) is 4. The molecule has 260 valence electrons. The van der Waals surface area contributed by atoms with Crippen LogP contribution in [0.5, 0.6) is 0 Å². The quantitative estimate of drug-likeness (QED) is 0.218. The molecule has 2 saturated heterocycles. The first-order valence-corrected chi connectivity index (χ1v) is 16.3. The predicted octanol–water partition coefficient (Wildman–Crippen LogP) is 8.66. The highest BCUT2D eigenvalue weighted by Gasteiger charge is 2.50. The highest BCUT2D eigenvalue weighted by molar-refractivity contribution is 5.73. The van der Waals surface area contributed by atoms with Gasteiger partial charge in [0.15, 0.2) is 0 Å². The van der Waals surface area contributed by atoms with E-state index in [2.05, 4.69) is 19.9 Å². The molecule has 2 aromatic heterocycles. The fourth-order valence-corrected chi connectivity index (χ4v) is 6.21. The van der Waals surface area contributed by atoms with Gasteiger partial charge in [-0.25, -0.2) is 32.7 Å². The number of halogens is 3. The number of hydrogen-bond acceptors (Lipinski definition) is 6. The van der Waals surface area contributed by atoms with Gasteiger partial charge in [0.25, 0.3) is 5.92 Å². The van der Waals surface area contributed by atoms with E-state index in [1.54, 1.807) is 44.1 Å². The minimum absolute atomic E-state index is 0.243. The predicted molar refractivity (Wildman–Crippen MR) is 177 cm³/mol. The minimum atomic E-state index is -3.07. The molecule has 6 rings (SSSR count). The molecule has 2 aliphatic rings. The highest BCUT2D eigenvalue weighted by atomic mass is 19.3. The molecule has 0 unspecified atom stereocenters. The Morgan fingerprint density at radius 3 is 2.16 bits per heavy atom. The number of benzene rings is 2. The summed E-state index contributed by atoms with van der Waals surface area (Å²) in [5.41, 5.74) is 2.07. The lowest BCUT2D eigenvalue weighted by Gasteiger charge is -2.27. The first-order chi connectivity index (χ1) is 23.0. The fraction of sp³-hybridized carbons (Fsp3) is 0.444. The highest BCUT2D eigenvalue weighted by Crippen LogP contribution is 2.41. The first kappa shape index (κ1) is 34.1. The summed E-state index contributed by atoms with van der Waals surface area (Å²) in [7, 11) is 0. The van der Waals surface area contributed by atoms with Crippen molar-refractivity contribution in [1.29, 1.82) is 0 Å². The van der Waals surface area contributed by atoms with Crippen molar-refractivity contribution in [3.05, 3.63) is 72.3 Å². The number of hydrogen-bond donors (Lipinski definition) is 2. The molecule has 13 heteroatoms. The van der Waals surface area contributed by atoms with Crippen molar-refractivity contribution in [2.45, 2.75) is 90.0 Å². The average molecular weight is 679 g/mol. The van der Waals surface area contributed by atoms with E-state index in [-0.39, 0.29) is 11.9 Å². The summed E-state index contributed by atoms with van der Waals surface area (Å²) < 4.78 is 55.3. The van der Waals surface area contributed by atoms with Gasteiger partial charge in [0.1, 0.15) is 28.7 Å². The lowest BCUT2D eigenvalue weighted by molar-refractivity contribution is -0.00248. The lowest BCUT2D eigenvalue weighted by Crippen LogP contribution is -2.38. The number of aromatic nitrogens is 4. The maximum Gasteiger partial charge on any atom is 0.411 e. The smallest absolute Gasteiger partial charge is 0.411 e. The van der Waals surface area contributed by atoms with Crippen LogP contribution in [0.2, 0.25) is 0 Å². The second kappa shape index (κ2) is 12.6. The summed E-state index contributed by atoms with van der Waals surface area (Å²) in [6.45, 7) is 10.3. The molecule has 4 heterocycles. The van der Waals surface area contributed by atoms with Crippen LogP contribution < -0.4 is 0 Å². The summed E-state index contributed by atoms with van der Waals surface area (Å²) in [6.07, 6.45) is 2.95. The molecular formula is C36H41F3N6O4. The molecule has 2 aromatic carbocycles. The zero-order chi connectivity index (χ0) is 35.3. The third-order valence-corrected chi connectivity index (χ3v) is 8.38. The summed E-state index contributed by atoms with van der Waals surface area (Å²) in [5, 5.41) is 0. The van der Waals surface area contributed by atoms with Crippen LogP contribution in [0.3, 0.4) is 0 Å². The Balaban J connectivity index is 1.15. The van der Waals surface area contributed by atoms with Crippen LogP contribution in [-0.4, -0.2) is 72.1 Å². The van der Waals surface area contributed by atoms with Crippen LogP contribution >= 0.6 is 0 Å². The number of rotatable bonds is 5. The molecule has 2 N–H and O–H groups in total. The number of ether oxygens (including phenoxy) is 2. The minimum Gasteiger partial charge on any atom is -0.444 e. The summed E-state index contributed by atoms with van der Waals surface area (Å²) >= 11 is 0. The van der Waals surface area contributed by atoms with Crippen molar-refractivity contribution in [2.24, 2.45) is 0 Å². The van der Waals surface area contributed by atoms with Crippen molar-refractivity contribution >= 4 is 12.2 Å². The number of imidazole rings is 2. The van der Waals surface area contributed by atoms with Gasteiger partial charge in [-0.1, -0.05) is 30.3 Å². The van der Waals surface area contributed by atoms with Crippen molar-refractivity contribution < 1.29 is 32.2 Å². The fourth-order valence-electron chi connectivity index (χ4n) is 6.21. The number of H-pyrrole nitrogens is 2. The standard InChI is InChI=1S/C36H41F3N6O4/c1-34(2,3)48-32(46)44-15-7-8-28(44)30-41-19-27(43-30)24-14-13-23(16-25(24)37)21-9-11-22(12-10-21)26-18-40-31(42-26)29-17-36(38,39)20-45(29)33(47)49-35(4,5)6/h9-14,16,18-19,28-29H,7-8,15,17,20H2,1-6H3,(H,40,42)(H,41,43)/t28-,29-/m0/s1. The topological polar surface area (TPSA) is 116 Å². The van der Waals surface area contributed by atoms with E-state index in [0.29, 0.717) is 40.4 Å². The van der Waals surface area contributed by atoms with Crippen LogP contribution in [-0.2, 0) is 9.47 Å². The Labute approximate surface area is 283 Å². The van der Waals surface area contributed by atoms with Gasteiger partial charge in [-0.05, 0) is 77.6 Å². The molecule has 2 aliphatic heterocycles. The van der Waals surface area contributed by atoms with Gasteiger partial charge in [-0.15, -0.1) is 0 Å². The summed E-state index contributed by atoms with van der Waals surface area (Å²) in [4.78, 5) is 43.3. The normalized spacial score (nSPS) is 19.4. The number of amides is 2. The third-order valence-electron chi connectivity index (χ3n) is 8.38. The monoisotopic (exact) mass is 678 g/mol. The van der Waals surface area contributed by atoms with Gasteiger partial charge < -0.3 is 19.4 Å². The van der Waals surface area contributed by atoms with E-state index >= 15 is 4.39 Å². The van der Waals surface area contributed by atoms with E-state index in [1.165, 1.54) is 6.07 Å². The molecule has 0 radical (unpaired) electrons. The second-order valence-electron chi connectivity index (χ2n) is 14.6. The largest absolute Gasteiger partial charge is 0.444 e. The van der Waals surface area contributed by atoms with E-state index in [0.717, 1.165) is 23.3 Å². The van der Waals surface area contributed by atoms with Crippen LogP contribution in [0.1, 0.15) is 84.5 Å². The number of likely N-dealkylation sites (tertiary alicyclic amines) is 2. The number of aromatic amines is 2. The summed E-state index contributed by atoms with van der Waals surface area (Å²) in [5.74, 6) is -2.68. The molecule has 2 amide bonds. The zero-order valence-corrected chi connectivity index (χ0v) is 28.4. The van der Waals surface area contributed by atoms with Crippen molar-refractivity contribution in [2.75, 3.05) is 13.1 Å². The first-order valence-electron chi connectivity index (χ1n) is 16.3. The molecule has 0 aliphatic carbocycles. The Morgan fingerprint density at radius 2 is 1.51 bits per heavy atom. The molecule has 2 atom stereocenters. The number of nitrogens with one attached hydrogen (secondary N) is 2. The zero-order valence-electron chi connectivity index (χ0n) is 28.4. The van der Waals surface area contributed by atoms with E-state index in [1.807, 2.05) is 51.1 Å². The number of carbonyl (C=O) groups is 2. The number of carbonyl (C=O) groups excluding carboxylic acids is 2. The number of alkyl halides is 2. The molecular weight excluding hydrogens is 637 g/mol. The molecule has 0 bridgehead atoms. The van der Waals surface area contributed by atoms with E-state index in [4.69, 9.17) is 9.47 Å². The van der Waals surface area contributed by atoms with Crippen LogP contribution in [0, 0.1) is 5.82 Å². The van der Waals surface area contributed by atoms with E-state index < -0.39 is 54.1 Å². The maximum absolute atomic E-state index is 15.5. The molecule has 10 nitrogen and oxygen atoms in total. The van der Waals surface area contributed by atoms with Crippen LogP contribution in [0.15, 0.2) is 54.9 Å². The summed E-state index contributed by atoms with van der Waals surface area (Å²) in [6, 6.07) is 11.0. The Kier molecular flexibility index (Phi) is 8.74. The maximum atomic E-state index is 15.5. The van der Waals surface area contributed by atoms with Gasteiger partial charge in [-0.3, -0.25) is 9.80 Å². The second-order valence-corrected chi connectivity index (χ2v) is 14.6. The third kappa shape index (κ3) is 7.60. The molecule has 0 saturated carbocycles. The molecule has 4 aromatic rings. The molecule has 49 heavy (non-hydrogen) atoms. The lowest BCUT2D eigenvalue weighted by atomic mass is 10.0.